The molecule has 0 spiro atoms. The SMILES string of the molecule is COc1ccc(-c2ccc3c(c2)C2[C@H](CCN2Cc2ccncc2)[C@@H](CO)N3)cc1. The zero-order chi connectivity index (χ0) is 20.5. The average molecular weight is 402 g/mol. The molecule has 1 unspecified atom stereocenters. The van der Waals surface area contributed by atoms with Crippen LogP contribution in [0.15, 0.2) is 67.0 Å². The van der Waals surface area contributed by atoms with Crippen LogP contribution in [0, 0.1) is 5.92 Å². The number of aromatic nitrogens is 1. The topological polar surface area (TPSA) is 57.6 Å². The Morgan fingerprint density at radius 2 is 1.83 bits per heavy atom. The molecular weight excluding hydrogens is 374 g/mol. The fraction of sp³-hybridized carbons (Fsp3) is 0.320. The van der Waals surface area contributed by atoms with Crippen molar-refractivity contribution in [1.82, 2.24) is 9.88 Å². The van der Waals surface area contributed by atoms with E-state index >= 15 is 0 Å². The third-order valence-corrected chi connectivity index (χ3v) is 6.53. The Hall–Kier alpha value is -2.89. The Kier molecular flexibility index (Phi) is 5.15. The monoisotopic (exact) mass is 401 g/mol. The molecule has 0 aliphatic carbocycles. The molecule has 2 N–H and O–H groups in total. The zero-order valence-electron chi connectivity index (χ0n) is 17.2. The number of hydrogen-bond acceptors (Lipinski definition) is 5. The van der Waals surface area contributed by atoms with Crippen LogP contribution in [0.4, 0.5) is 5.69 Å². The maximum absolute atomic E-state index is 10.0. The molecule has 3 aromatic rings. The Bertz CT molecular complexity index is 1010. The number of hydrogen-bond donors (Lipinski definition) is 2. The first-order valence-corrected chi connectivity index (χ1v) is 10.6. The van der Waals surface area contributed by atoms with Crippen molar-refractivity contribution in [2.24, 2.45) is 5.92 Å². The summed E-state index contributed by atoms with van der Waals surface area (Å²) in [5.74, 6) is 1.26. The number of likely N-dealkylation sites (tertiary alicyclic amines) is 1. The number of fused-ring (bicyclic) bond motifs is 3. The van der Waals surface area contributed by atoms with Crippen molar-refractivity contribution in [2.75, 3.05) is 25.6 Å². The van der Waals surface area contributed by atoms with Crippen molar-refractivity contribution >= 4 is 5.69 Å². The van der Waals surface area contributed by atoms with Gasteiger partial charge in [0.15, 0.2) is 0 Å². The van der Waals surface area contributed by atoms with Crippen LogP contribution in [0.25, 0.3) is 11.1 Å². The highest BCUT2D eigenvalue weighted by Crippen LogP contribution is 2.47. The maximum atomic E-state index is 10.0. The normalized spacial score (nSPS) is 22.8. The number of aliphatic hydroxyl groups excluding tert-OH is 1. The highest BCUT2D eigenvalue weighted by molar-refractivity contribution is 5.70. The first kappa shape index (κ1) is 19.1. The molecule has 2 aliphatic rings. The third kappa shape index (κ3) is 3.44. The van der Waals surface area contributed by atoms with Gasteiger partial charge < -0.3 is 15.2 Å². The van der Waals surface area contributed by atoms with Crippen LogP contribution >= 0.6 is 0 Å². The Balaban J connectivity index is 1.51. The number of aliphatic hydroxyl groups is 1. The van der Waals surface area contributed by atoms with Gasteiger partial charge in [0, 0.05) is 36.6 Å². The van der Waals surface area contributed by atoms with Crippen LogP contribution in [0.2, 0.25) is 0 Å². The van der Waals surface area contributed by atoms with E-state index in [1.807, 2.05) is 24.5 Å². The van der Waals surface area contributed by atoms with E-state index in [4.69, 9.17) is 4.74 Å². The van der Waals surface area contributed by atoms with Gasteiger partial charge >= 0.3 is 0 Å². The van der Waals surface area contributed by atoms with Crippen LogP contribution < -0.4 is 10.1 Å². The van der Waals surface area contributed by atoms with Crippen molar-refractivity contribution in [2.45, 2.75) is 25.0 Å². The Labute approximate surface area is 177 Å². The molecule has 0 saturated carbocycles. The van der Waals surface area contributed by atoms with Crippen LogP contribution in [0.5, 0.6) is 5.75 Å². The molecule has 3 atom stereocenters. The third-order valence-electron chi connectivity index (χ3n) is 6.53. The van der Waals surface area contributed by atoms with Crippen LogP contribution in [-0.4, -0.2) is 41.3 Å². The predicted octanol–water partition coefficient (Wildman–Crippen LogP) is 4.11. The number of ether oxygens (including phenoxy) is 1. The molecule has 3 heterocycles. The van der Waals surface area contributed by atoms with Crippen molar-refractivity contribution in [3.05, 3.63) is 78.1 Å². The maximum Gasteiger partial charge on any atom is 0.118 e. The first-order valence-electron chi connectivity index (χ1n) is 10.6. The van der Waals surface area contributed by atoms with E-state index in [-0.39, 0.29) is 12.6 Å². The van der Waals surface area contributed by atoms with Crippen molar-refractivity contribution in [3.63, 3.8) is 0 Å². The number of nitrogens with zero attached hydrogens (tertiary/aromatic N) is 2. The van der Waals surface area contributed by atoms with E-state index in [1.54, 1.807) is 7.11 Å². The van der Waals surface area contributed by atoms with Gasteiger partial charge in [-0.1, -0.05) is 18.2 Å². The summed E-state index contributed by atoms with van der Waals surface area (Å²) >= 11 is 0. The first-order chi connectivity index (χ1) is 14.8. The number of rotatable bonds is 5. The zero-order valence-corrected chi connectivity index (χ0v) is 17.2. The molecule has 154 valence electrons. The summed E-state index contributed by atoms with van der Waals surface area (Å²) in [4.78, 5) is 6.71. The van der Waals surface area contributed by atoms with Crippen LogP contribution in [0.1, 0.15) is 23.6 Å². The minimum absolute atomic E-state index is 0.0942. The van der Waals surface area contributed by atoms with Gasteiger partial charge in [0.2, 0.25) is 0 Å². The van der Waals surface area contributed by atoms with Gasteiger partial charge in [-0.15, -0.1) is 0 Å². The lowest BCUT2D eigenvalue weighted by atomic mass is 9.82. The second-order valence-electron chi connectivity index (χ2n) is 8.19. The quantitative estimate of drug-likeness (QED) is 0.674. The van der Waals surface area contributed by atoms with E-state index in [9.17, 15) is 5.11 Å². The summed E-state index contributed by atoms with van der Waals surface area (Å²) in [6.45, 7) is 2.08. The molecule has 1 fully saturated rings. The molecule has 1 saturated heterocycles. The van der Waals surface area contributed by atoms with Crippen LogP contribution in [-0.2, 0) is 6.54 Å². The van der Waals surface area contributed by atoms with E-state index in [0.29, 0.717) is 12.0 Å². The van der Waals surface area contributed by atoms with E-state index < -0.39 is 0 Å². The summed E-state index contributed by atoms with van der Waals surface area (Å²) in [7, 11) is 1.69. The molecular formula is C25H27N3O2. The Morgan fingerprint density at radius 3 is 2.57 bits per heavy atom. The molecule has 5 nitrogen and oxygen atoms in total. The van der Waals surface area contributed by atoms with Gasteiger partial charge in [-0.2, -0.15) is 0 Å². The summed E-state index contributed by atoms with van der Waals surface area (Å²) in [6.07, 6.45) is 4.80. The lowest BCUT2D eigenvalue weighted by Gasteiger charge is -2.39. The van der Waals surface area contributed by atoms with Crippen LogP contribution in [0.3, 0.4) is 0 Å². The molecule has 1 aromatic heterocycles. The molecule has 0 bridgehead atoms. The van der Waals surface area contributed by atoms with Crippen molar-refractivity contribution in [3.8, 4) is 16.9 Å². The number of benzene rings is 2. The number of pyridine rings is 1. The number of methoxy groups -OCH3 is 1. The molecule has 30 heavy (non-hydrogen) atoms. The highest BCUT2D eigenvalue weighted by atomic mass is 16.5. The van der Waals surface area contributed by atoms with Crippen molar-refractivity contribution in [1.29, 1.82) is 0 Å². The van der Waals surface area contributed by atoms with Gasteiger partial charge in [-0.3, -0.25) is 9.88 Å². The van der Waals surface area contributed by atoms with Gasteiger partial charge in [0.1, 0.15) is 5.75 Å². The average Bonchev–Trinajstić information content (AvgIpc) is 3.23. The van der Waals surface area contributed by atoms with E-state index in [0.717, 1.165) is 30.9 Å². The molecule has 2 aliphatic heterocycles. The molecule has 0 amide bonds. The number of nitrogens with one attached hydrogen (secondary N) is 1. The largest absolute Gasteiger partial charge is 0.497 e. The second kappa shape index (κ2) is 8.09. The fourth-order valence-corrected chi connectivity index (χ4v) is 5.02. The minimum Gasteiger partial charge on any atom is -0.497 e. The Morgan fingerprint density at radius 1 is 1.07 bits per heavy atom. The minimum atomic E-state index is 0.0942. The number of anilines is 1. The fourth-order valence-electron chi connectivity index (χ4n) is 5.02. The van der Waals surface area contributed by atoms with Gasteiger partial charge in [0.25, 0.3) is 0 Å². The lowest BCUT2D eigenvalue weighted by Crippen LogP contribution is -2.41. The summed E-state index contributed by atoms with van der Waals surface area (Å²) in [5, 5.41) is 13.6. The summed E-state index contributed by atoms with van der Waals surface area (Å²) < 4.78 is 5.30. The smallest absolute Gasteiger partial charge is 0.118 e. The summed E-state index contributed by atoms with van der Waals surface area (Å²) in [6, 6.07) is 19.4. The van der Waals surface area contributed by atoms with E-state index in [2.05, 4.69) is 57.7 Å². The van der Waals surface area contributed by atoms with E-state index in [1.165, 1.54) is 22.3 Å². The standard InChI is InChI=1S/C25H27N3O2/c1-30-20-5-2-18(3-6-20)19-4-7-23-22(14-19)25-21(24(16-29)27-23)10-13-28(25)15-17-8-11-26-12-9-17/h2-9,11-12,14,21,24-25,27,29H,10,13,15-16H2,1H3/t21-,24-,25?/m1/s1. The van der Waals surface area contributed by atoms with Crippen molar-refractivity contribution < 1.29 is 9.84 Å². The highest BCUT2D eigenvalue weighted by Gasteiger charge is 2.43. The van der Waals surface area contributed by atoms with Gasteiger partial charge in [-0.25, -0.2) is 0 Å². The summed E-state index contributed by atoms with van der Waals surface area (Å²) in [5.41, 5.74) is 6.12. The lowest BCUT2D eigenvalue weighted by molar-refractivity contribution is 0.172. The second-order valence-corrected chi connectivity index (χ2v) is 8.19. The molecule has 2 aromatic carbocycles. The predicted molar refractivity (Wildman–Crippen MR) is 118 cm³/mol. The van der Waals surface area contributed by atoms with Gasteiger partial charge in [0.05, 0.1) is 19.8 Å². The van der Waals surface area contributed by atoms with Gasteiger partial charge in [-0.05, 0) is 71.6 Å². The molecule has 0 radical (unpaired) electrons. The molecule has 5 heteroatoms. The molecule has 5 rings (SSSR count).